The summed E-state index contributed by atoms with van der Waals surface area (Å²) in [6.45, 7) is 0. The molecule has 104 valence electrons. The molecule has 4 rings (SSSR count). The van der Waals surface area contributed by atoms with Crippen molar-refractivity contribution in [2.45, 2.75) is 0 Å². The molecule has 0 aliphatic carbocycles. The fourth-order valence-corrected chi connectivity index (χ4v) is 2.30. The van der Waals surface area contributed by atoms with E-state index in [9.17, 15) is 0 Å². The van der Waals surface area contributed by atoms with Crippen molar-refractivity contribution in [2.75, 3.05) is 7.11 Å². The first-order chi connectivity index (χ1) is 10.2. The van der Waals surface area contributed by atoms with E-state index < -0.39 is 0 Å². The third-order valence-corrected chi connectivity index (χ3v) is 3.35. The van der Waals surface area contributed by atoms with E-state index in [1.807, 2.05) is 31.4 Å². The molecule has 4 aromatic rings. The molecule has 0 aliphatic heterocycles. The van der Waals surface area contributed by atoms with Gasteiger partial charge in [0.15, 0.2) is 11.5 Å². The van der Waals surface area contributed by atoms with Crippen LogP contribution in [0.3, 0.4) is 0 Å². The Balaban J connectivity index is 1.99. The Bertz CT molecular complexity index is 955. The summed E-state index contributed by atoms with van der Waals surface area (Å²) < 4.78 is 8.66. The standard InChI is InChI=1S/C14H12N6O/c1-19-7-9(6-16-19)13-17-14-11-5-10(21-2)3-4-12(11)15-8-20(14)18-13/h3-8H,1-2H3. The molecule has 7 nitrogen and oxygen atoms in total. The highest BCUT2D eigenvalue weighted by molar-refractivity contribution is 5.92. The van der Waals surface area contributed by atoms with Gasteiger partial charge in [0.05, 0.1) is 24.4 Å². The predicted octanol–water partition coefficient (Wildman–Crippen LogP) is 1.69. The maximum Gasteiger partial charge on any atom is 0.185 e. The van der Waals surface area contributed by atoms with Crippen LogP contribution in [0.25, 0.3) is 27.9 Å². The van der Waals surface area contributed by atoms with E-state index in [-0.39, 0.29) is 0 Å². The Morgan fingerprint density at radius 1 is 1.24 bits per heavy atom. The molecule has 0 amide bonds. The summed E-state index contributed by atoms with van der Waals surface area (Å²) in [5, 5.41) is 9.50. The van der Waals surface area contributed by atoms with Crippen LogP contribution in [-0.4, -0.2) is 36.5 Å². The van der Waals surface area contributed by atoms with E-state index in [1.165, 1.54) is 0 Å². The van der Waals surface area contributed by atoms with Crippen LogP contribution in [0.4, 0.5) is 0 Å². The highest BCUT2D eigenvalue weighted by Gasteiger charge is 2.11. The molecule has 1 aromatic carbocycles. The second-order valence-corrected chi connectivity index (χ2v) is 4.73. The molecular formula is C14H12N6O. The minimum Gasteiger partial charge on any atom is -0.497 e. The van der Waals surface area contributed by atoms with Crippen LogP contribution in [0.5, 0.6) is 5.75 Å². The number of nitrogens with zero attached hydrogens (tertiary/aromatic N) is 6. The summed E-state index contributed by atoms with van der Waals surface area (Å²) in [4.78, 5) is 8.98. The van der Waals surface area contributed by atoms with Crippen molar-refractivity contribution in [3.05, 3.63) is 36.9 Å². The van der Waals surface area contributed by atoms with E-state index in [2.05, 4.69) is 20.2 Å². The topological polar surface area (TPSA) is 70.1 Å². The summed E-state index contributed by atoms with van der Waals surface area (Å²) in [7, 11) is 3.50. The van der Waals surface area contributed by atoms with Crippen LogP contribution in [0.15, 0.2) is 36.9 Å². The van der Waals surface area contributed by atoms with Gasteiger partial charge in [0.2, 0.25) is 0 Å². The second-order valence-electron chi connectivity index (χ2n) is 4.73. The normalized spacial score (nSPS) is 11.3. The summed E-state index contributed by atoms with van der Waals surface area (Å²) in [5.41, 5.74) is 2.48. The maximum atomic E-state index is 5.27. The number of hydrogen-bond donors (Lipinski definition) is 0. The van der Waals surface area contributed by atoms with Crippen LogP contribution in [0.1, 0.15) is 0 Å². The number of hydrogen-bond acceptors (Lipinski definition) is 5. The highest BCUT2D eigenvalue weighted by atomic mass is 16.5. The third kappa shape index (κ3) is 1.82. The Morgan fingerprint density at radius 3 is 2.90 bits per heavy atom. The number of methoxy groups -OCH3 is 1. The third-order valence-electron chi connectivity index (χ3n) is 3.35. The van der Waals surface area contributed by atoms with Gasteiger partial charge in [-0.1, -0.05) is 0 Å². The fraction of sp³-hybridized carbons (Fsp3) is 0.143. The SMILES string of the molecule is COc1ccc2ncn3nc(-c4cnn(C)c4)nc3c2c1. The molecule has 0 N–H and O–H groups in total. The van der Waals surface area contributed by atoms with Gasteiger partial charge in [-0.3, -0.25) is 4.68 Å². The molecular weight excluding hydrogens is 268 g/mol. The lowest BCUT2D eigenvalue weighted by atomic mass is 10.2. The minimum atomic E-state index is 0.625. The smallest absolute Gasteiger partial charge is 0.185 e. The first-order valence-electron chi connectivity index (χ1n) is 6.43. The van der Waals surface area contributed by atoms with Crippen LogP contribution >= 0.6 is 0 Å². The molecule has 21 heavy (non-hydrogen) atoms. The summed E-state index contributed by atoms with van der Waals surface area (Å²) in [5.74, 6) is 1.39. The lowest BCUT2D eigenvalue weighted by molar-refractivity contribution is 0.415. The average molecular weight is 280 g/mol. The van der Waals surface area contributed by atoms with Crippen molar-refractivity contribution in [1.29, 1.82) is 0 Å². The summed E-state index contributed by atoms with van der Waals surface area (Å²) in [6.07, 6.45) is 5.28. The van der Waals surface area contributed by atoms with E-state index in [0.29, 0.717) is 5.82 Å². The average Bonchev–Trinajstić information content (AvgIpc) is 3.12. The zero-order chi connectivity index (χ0) is 14.4. The Labute approximate surface area is 119 Å². The van der Waals surface area contributed by atoms with Gasteiger partial charge in [-0.2, -0.15) is 5.10 Å². The minimum absolute atomic E-state index is 0.625. The van der Waals surface area contributed by atoms with Crippen LogP contribution in [-0.2, 0) is 7.05 Å². The molecule has 0 spiro atoms. The number of fused-ring (bicyclic) bond motifs is 3. The van der Waals surface area contributed by atoms with E-state index in [0.717, 1.165) is 27.9 Å². The van der Waals surface area contributed by atoms with Crippen molar-refractivity contribution in [1.82, 2.24) is 29.4 Å². The first kappa shape index (κ1) is 11.8. The van der Waals surface area contributed by atoms with Crippen molar-refractivity contribution in [3.8, 4) is 17.1 Å². The number of benzene rings is 1. The molecule has 0 saturated carbocycles. The summed E-state index contributed by atoms with van der Waals surface area (Å²) >= 11 is 0. The van der Waals surface area contributed by atoms with Gasteiger partial charge in [-0.25, -0.2) is 14.5 Å². The number of aromatic nitrogens is 6. The molecule has 0 saturated heterocycles. The highest BCUT2D eigenvalue weighted by Crippen LogP contribution is 2.24. The molecule has 0 unspecified atom stereocenters. The fourth-order valence-electron chi connectivity index (χ4n) is 2.30. The lowest BCUT2D eigenvalue weighted by Crippen LogP contribution is -1.92. The largest absolute Gasteiger partial charge is 0.497 e. The van der Waals surface area contributed by atoms with Gasteiger partial charge >= 0.3 is 0 Å². The Hall–Kier alpha value is -2.96. The van der Waals surface area contributed by atoms with Gasteiger partial charge < -0.3 is 4.74 Å². The number of rotatable bonds is 2. The number of aryl methyl sites for hydroxylation is 1. The first-order valence-corrected chi connectivity index (χ1v) is 6.43. The van der Waals surface area contributed by atoms with Gasteiger partial charge in [0.25, 0.3) is 0 Å². The Morgan fingerprint density at radius 2 is 2.14 bits per heavy atom. The maximum absolute atomic E-state index is 5.27. The lowest BCUT2D eigenvalue weighted by Gasteiger charge is -2.02. The van der Waals surface area contributed by atoms with Gasteiger partial charge in [0, 0.05) is 18.6 Å². The van der Waals surface area contributed by atoms with Gasteiger partial charge in [-0.05, 0) is 18.2 Å². The quantitative estimate of drug-likeness (QED) is 0.559. The van der Waals surface area contributed by atoms with Gasteiger partial charge in [0.1, 0.15) is 12.1 Å². The molecule has 0 radical (unpaired) electrons. The predicted molar refractivity (Wildman–Crippen MR) is 77.0 cm³/mol. The van der Waals surface area contributed by atoms with E-state index in [4.69, 9.17) is 4.74 Å². The van der Waals surface area contributed by atoms with Crippen molar-refractivity contribution >= 4 is 16.6 Å². The van der Waals surface area contributed by atoms with Gasteiger partial charge in [-0.15, -0.1) is 5.10 Å². The second kappa shape index (κ2) is 4.27. The zero-order valence-electron chi connectivity index (χ0n) is 11.6. The summed E-state index contributed by atoms with van der Waals surface area (Å²) in [6, 6.07) is 5.70. The van der Waals surface area contributed by atoms with Crippen molar-refractivity contribution in [2.24, 2.45) is 7.05 Å². The van der Waals surface area contributed by atoms with Crippen LogP contribution in [0, 0.1) is 0 Å². The molecule has 3 aromatic heterocycles. The molecule has 0 fully saturated rings. The van der Waals surface area contributed by atoms with Crippen LogP contribution in [0.2, 0.25) is 0 Å². The number of ether oxygens (including phenoxy) is 1. The zero-order valence-corrected chi connectivity index (χ0v) is 11.6. The monoisotopic (exact) mass is 280 g/mol. The van der Waals surface area contributed by atoms with Crippen molar-refractivity contribution in [3.63, 3.8) is 0 Å². The van der Waals surface area contributed by atoms with E-state index >= 15 is 0 Å². The van der Waals surface area contributed by atoms with Crippen LogP contribution < -0.4 is 4.74 Å². The molecule has 0 bridgehead atoms. The Kier molecular flexibility index (Phi) is 2.41. The molecule has 3 heterocycles. The molecule has 0 aliphatic rings. The molecule has 7 heteroatoms. The molecule has 0 atom stereocenters. The van der Waals surface area contributed by atoms with E-state index in [1.54, 1.807) is 28.8 Å². The van der Waals surface area contributed by atoms with Crippen molar-refractivity contribution < 1.29 is 4.74 Å².